The van der Waals surface area contributed by atoms with Crippen LogP contribution in [0.1, 0.15) is 66.7 Å². The van der Waals surface area contributed by atoms with Crippen LogP contribution in [0.2, 0.25) is 0 Å². The Balaban J connectivity index is 0.000000224. The van der Waals surface area contributed by atoms with E-state index in [1.54, 1.807) is 18.2 Å². The van der Waals surface area contributed by atoms with Crippen LogP contribution < -0.4 is 0 Å². The van der Waals surface area contributed by atoms with Crippen LogP contribution in [-0.2, 0) is 23.7 Å². The van der Waals surface area contributed by atoms with Crippen molar-refractivity contribution in [2.24, 2.45) is 11.1 Å². The summed E-state index contributed by atoms with van der Waals surface area (Å²) in [5, 5.41) is 2.27. The second-order valence-electron chi connectivity index (χ2n) is 9.96. The molecule has 4 nitrogen and oxygen atoms in total. The summed E-state index contributed by atoms with van der Waals surface area (Å²) in [6.07, 6.45) is -1.59. The van der Waals surface area contributed by atoms with E-state index >= 15 is 0 Å². The Morgan fingerprint density at radius 1 is 0.923 bits per heavy atom. The standard InChI is InChI=1S/C19H24FNO.C9H5F6NO/c1-21(18-9-10-19(22)12-18)13-14-3-2-4-16(11-14)15-5-7-17(20)8-6-15;10-8(11,12)6-1-5(4-16-17)2-7(3-6)9(13,14)15/h5-8,12,14,16H,2-4,9-11,13H2,1H3;1-3H,4H2/t14-,16?;/m1./s1. The van der Waals surface area contributed by atoms with Crippen LogP contribution in [0.15, 0.2) is 59.4 Å². The topological polar surface area (TPSA) is 49.7 Å². The highest BCUT2D eigenvalue weighted by Crippen LogP contribution is 2.38. The molecular weight excluding hydrogens is 529 g/mol. The van der Waals surface area contributed by atoms with Gasteiger partial charge in [0, 0.05) is 31.8 Å². The van der Waals surface area contributed by atoms with Gasteiger partial charge in [0.05, 0.1) is 11.1 Å². The molecular formula is C28H29F7N2O2. The number of hydrogen-bond acceptors (Lipinski definition) is 4. The summed E-state index contributed by atoms with van der Waals surface area (Å²) in [5.74, 6) is 1.31. The number of hydrogen-bond donors (Lipinski definition) is 0. The third kappa shape index (κ3) is 8.90. The van der Waals surface area contributed by atoms with Gasteiger partial charge in [-0.25, -0.2) is 4.39 Å². The first-order valence-electron chi connectivity index (χ1n) is 12.5. The number of benzene rings is 2. The van der Waals surface area contributed by atoms with Crippen LogP contribution in [0.25, 0.3) is 0 Å². The maximum atomic E-state index is 13.1. The molecule has 2 aromatic rings. The van der Waals surface area contributed by atoms with Crippen molar-refractivity contribution in [2.75, 3.05) is 13.6 Å². The van der Waals surface area contributed by atoms with Crippen molar-refractivity contribution in [3.05, 3.63) is 87.2 Å². The maximum absolute atomic E-state index is 13.1. The smallest absolute Gasteiger partial charge is 0.377 e. The number of alkyl halides is 6. The van der Waals surface area contributed by atoms with Gasteiger partial charge in [0.1, 0.15) is 12.4 Å². The van der Waals surface area contributed by atoms with Gasteiger partial charge in [-0.2, -0.15) is 31.2 Å². The third-order valence-electron chi connectivity index (χ3n) is 7.00. The van der Waals surface area contributed by atoms with E-state index in [9.17, 15) is 40.4 Å². The highest BCUT2D eigenvalue weighted by Gasteiger charge is 2.36. The quantitative estimate of drug-likeness (QED) is 0.265. The molecule has 1 saturated carbocycles. The van der Waals surface area contributed by atoms with E-state index in [0.29, 0.717) is 30.4 Å². The molecule has 0 N–H and O–H groups in total. The highest BCUT2D eigenvalue weighted by atomic mass is 19.4. The number of allylic oxidation sites excluding steroid dienone is 2. The predicted octanol–water partition coefficient (Wildman–Crippen LogP) is 8.27. The lowest BCUT2D eigenvalue weighted by Gasteiger charge is -2.33. The van der Waals surface area contributed by atoms with E-state index in [1.165, 1.54) is 30.5 Å². The van der Waals surface area contributed by atoms with E-state index in [-0.39, 0.29) is 17.7 Å². The molecule has 0 bridgehead atoms. The maximum Gasteiger partial charge on any atom is 0.416 e. The molecule has 0 amide bonds. The molecule has 4 rings (SSSR count). The van der Waals surface area contributed by atoms with Crippen molar-refractivity contribution >= 4 is 5.78 Å². The number of halogens is 7. The molecule has 1 fully saturated rings. The fraction of sp³-hybridized carbons (Fsp3) is 0.464. The van der Waals surface area contributed by atoms with Gasteiger partial charge >= 0.3 is 12.4 Å². The van der Waals surface area contributed by atoms with Crippen LogP contribution in [-0.4, -0.2) is 24.3 Å². The molecule has 0 saturated heterocycles. The molecule has 11 heteroatoms. The average molecular weight is 559 g/mol. The molecule has 2 aliphatic carbocycles. The van der Waals surface area contributed by atoms with Gasteiger partial charge in [-0.15, -0.1) is 0 Å². The Kier molecular flexibility index (Phi) is 9.90. The Morgan fingerprint density at radius 2 is 1.54 bits per heavy atom. The van der Waals surface area contributed by atoms with Gasteiger partial charge in [-0.3, -0.25) is 4.79 Å². The van der Waals surface area contributed by atoms with Crippen molar-refractivity contribution in [1.29, 1.82) is 0 Å². The average Bonchev–Trinajstić information content (AvgIpc) is 3.30. The Morgan fingerprint density at radius 3 is 2.05 bits per heavy atom. The van der Waals surface area contributed by atoms with Crippen molar-refractivity contribution < 1.29 is 35.5 Å². The van der Waals surface area contributed by atoms with Gasteiger partial charge in [-0.05, 0) is 79.0 Å². The number of ketones is 1. The van der Waals surface area contributed by atoms with E-state index in [0.717, 1.165) is 19.4 Å². The fourth-order valence-electron chi connectivity index (χ4n) is 5.07. The summed E-state index contributed by atoms with van der Waals surface area (Å²) in [6, 6.07) is 7.94. The summed E-state index contributed by atoms with van der Waals surface area (Å²) in [5.41, 5.74) is -0.878. The zero-order chi connectivity index (χ0) is 28.8. The molecule has 1 unspecified atom stereocenters. The molecule has 0 aliphatic heterocycles. The summed E-state index contributed by atoms with van der Waals surface area (Å²) >= 11 is 0. The number of rotatable bonds is 6. The normalized spacial score (nSPS) is 19.7. The summed E-state index contributed by atoms with van der Waals surface area (Å²) in [4.78, 5) is 23.5. The van der Waals surface area contributed by atoms with Crippen molar-refractivity contribution in [2.45, 2.75) is 63.3 Å². The zero-order valence-corrected chi connectivity index (χ0v) is 21.3. The van der Waals surface area contributed by atoms with E-state index in [1.807, 2.05) is 12.1 Å². The van der Waals surface area contributed by atoms with E-state index in [4.69, 9.17) is 0 Å². The van der Waals surface area contributed by atoms with Crippen LogP contribution >= 0.6 is 0 Å². The van der Waals surface area contributed by atoms with Gasteiger partial charge in [0.15, 0.2) is 5.78 Å². The third-order valence-corrected chi connectivity index (χ3v) is 7.00. The lowest BCUT2D eigenvalue weighted by Crippen LogP contribution is -2.28. The fourth-order valence-corrected chi connectivity index (χ4v) is 5.07. The second kappa shape index (κ2) is 12.7. The molecule has 2 atom stereocenters. The minimum Gasteiger partial charge on any atom is -0.377 e. The predicted molar refractivity (Wildman–Crippen MR) is 132 cm³/mol. The van der Waals surface area contributed by atoms with Gasteiger partial charge in [-0.1, -0.05) is 23.7 Å². The minimum atomic E-state index is -4.90. The van der Waals surface area contributed by atoms with Gasteiger partial charge < -0.3 is 4.90 Å². The Bertz CT molecular complexity index is 1140. The lowest BCUT2D eigenvalue weighted by atomic mass is 9.78. The van der Waals surface area contributed by atoms with Crippen LogP contribution in [0, 0.1) is 16.6 Å². The van der Waals surface area contributed by atoms with Crippen molar-refractivity contribution in [3.63, 3.8) is 0 Å². The summed E-state index contributed by atoms with van der Waals surface area (Å²) in [6.45, 7) is 0.282. The Hall–Kier alpha value is -3.24. The summed E-state index contributed by atoms with van der Waals surface area (Å²) in [7, 11) is 2.10. The molecule has 212 valence electrons. The van der Waals surface area contributed by atoms with E-state index in [2.05, 4.69) is 17.1 Å². The summed E-state index contributed by atoms with van der Waals surface area (Å²) < 4.78 is 86.9. The highest BCUT2D eigenvalue weighted by molar-refractivity contribution is 5.92. The SMILES string of the molecule is CN(C[C@@H]1CCCC(c2ccc(F)cc2)C1)C1=CC(=O)CC1.O=NCc1cc(C(F)(F)F)cc(C(F)(F)F)c1. The van der Waals surface area contributed by atoms with Crippen LogP contribution in [0.3, 0.4) is 0 Å². The second-order valence-corrected chi connectivity index (χ2v) is 9.96. The van der Waals surface area contributed by atoms with Crippen LogP contribution in [0.4, 0.5) is 30.7 Å². The molecule has 0 radical (unpaired) electrons. The first-order chi connectivity index (χ1) is 18.3. The number of nitrogens with zero attached hydrogens (tertiary/aromatic N) is 2. The molecule has 2 aromatic carbocycles. The molecule has 0 spiro atoms. The number of carbonyl (C=O) groups is 1. The van der Waals surface area contributed by atoms with Crippen molar-refractivity contribution in [3.8, 4) is 0 Å². The molecule has 2 aliphatic rings. The van der Waals surface area contributed by atoms with Gasteiger partial charge in [0.25, 0.3) is 0 Å². The number of carbonyl (C=O) groups excluding carboxylic acids is 1. The molecule has 0 aromatic heterocycles. The molecule has 0 heterocycles. The first kappa shape index (κ1) is 30.3. The monoisotopic (exact) mass is 558 g/mol. The van der Waals surface area contributed by atoms with Gasteiger partial charge in [0.2, 0.25) is 0 Å². The van der Waals surface area contributed by atoms with E-state index < -0.39 is 35.6 Å². The van der Waals surface area contributed by atoms with Crippen LogP contribution in [0.5, 0.6) is 0 Å². The van der Waals surface area contributed by atoms with Crippen molar-refractivity contribution in [1.82, 2.24) is 4.90 Å². The first-order valence-corrected chi connectivity index (χ1v) is 12.5. The largest absolute Gasteiger partial charge is 0.416 e. The zero-order valence-electron chi connectivity index (χ0n) is 21.3. The lowest BCUT2D eigenvalue weighted by molar-refractivity contribution is -0.143. The Labute approximate surface area is 221 Å². The number of nitroso groups, excluding NO2 is 1. The minimum absolute atomic E-state index is 0.00565. The molecule has 39 heavy (non-hydrogen) atoms.